The minimum atomic E-state index is -4.58. The van der Waals surface area contributed by atoms with Crippen LogP contribution >= 0.6 is 15.9 Å². The lowest BCUT2D eigenvalue weighted by Crippen LogP contribution is -2.15. The second-order valence-corrected chi connectivity index (χ2v) is 5.03. The van der Waals surface area contributed by atoms with Crippen molar-refractivity contribution in [2.24, 2.45) is 0 Å². The molecule has 21 heavy (non-hydrogen) atoms. The first-order chi connectivity index (χ1) is 9.77. The highest BCUT2D eigenvalue weighted by atomic mass is 79.9. The Bertz CT molecular complexity index is 671. The molecule has 0 radical (unpaired) electrons. The molecule has 0 unspecified atom stereocenters. The van der Waals surface area contributed by atoms with Gasteiger partial charge in [0.25, 0.3) is 5.91 Å². The van der Waals surface area contributed by atoms with E-state index < -0.39 is 23.3 Å². The van der Waals surface area contributed by atoms with Crippen LogP contribution in [-0.2, 0) is 6.18 Å². The van der Waals surface area contributed by atoms with Gasteiger partial charge in [-0.05, 0) is 46.3 Å². The Labute approximate surface area is 126 Å². The van der Waals surface area contributed by atoms with Crippen molar-refractivity contribution in [2.45, 2.75) is 6.18 Å². The van der Waals surface area contributed by atoms with E-state index >= 15 is 0 Å². The molecule has 1 aromatic heterocycles. The first-order valence-electron chi connectivity index (χ1n) is 5.67. The Kier molecular flexibility index (Phi) is 4.17. The van der Waals surface area contributed by atoms with E-state index in [4.69, 9.17) is 5.73 Å². The Morgan fingerprint density at radius 1 is 1.24 bits per heavy atom. The van der Waals surface area contributed by atoms with Crippen molar-refractivity contribution >= 4 is 33.2 Å². The Hall–Kier alpha value is -2.09. The van der Waals surface area contributed by atoms with Gasteiger partial charge in [0, 0.05) is 22.0 Å². The van der Waals surface area contributed by atoms with Gasteiger partial charge in [0.05, 0.1) is 5.56 Å². The van der Waals surface area contributed by atoms with E-state index in [1.165, 1.54) is 18.3 Å². The summed E-state index contributed by atoms with van der Waals surface area (Å²) in [5.74, 6) is -0.611. The summed E-state index contributed by atoms with van der Waals surface area (Å²) in [7, 11) is 0. The first kappa shape index (κ1) is 15.3. The third-order valence-electron chi connectivity index (χ3n) is 2.58. The molecule has 3 N–H and O–H groups in total. The largest absolute Gasteiger partial charge is 0.418 e. The molecule has 0 aliphatic carbocycles. The smallest absolute Gasteiger partial charge is 0.398 e. The summed E-state index contributed by atoms with van der Waals surface area (Å²) in [5.41, 5.74) is 3.97. The van der Waals surface area contributed by atoms with Crippen LogP contribution in [0.15, 0.2) is 41.0 Å². The highest BCUT2D eigenvalue weighted by Crippen LogP contribution is 2.35. The molecule has 1 aromatic carbocycles. The fourth-order valence-corrected chi connectivity index (χ4v) is 1.82. The number of nitrogens with one attached hydrogen (secondary N) is 1. The average molecular weight is 360 g/mol. The number of aromatic nitrogens is 1. The van der Waals surface area contributed by atoms with Gasteiger partial charge >= 0.3 is 6.18 Å². The predicted octanol–water partition coefficient (Wildman–Crippen LogP) is 3.70. The average Bonchev–Trinajstić information content (AvgIpc) is 2.40. The van der Waals surface area contributed by atoms with Crippen molar-refractivity contribution in [2.75, 3.05) is 11.1 Å². The zero-order valence-electron chi connectivity index (χ0n) is 10.4. The van der Waals surface area contributed by atoms with Gasteiger partial charge in [0.2, 0.25) is 0 Å². The number of benzene rings is 1. The van der Waals surface area contributed by atoms with Crippen molar-refractivity contribution in [1.29, 1.82) is 0 Å². The maximum atomic E-state index is 12.7. The van der Waals surface area contributed by atoms with Crippen molar-refractivity contribution in [3.05, 3.63) is 52.3 Å². The van der Waals surface area contributed by atoms with Gasteiger partial charge in [-0.1, -0.05) is 0 Å². The summed E-state index contributed by atoms with van der Waals surface area (Å²) in [6.45, 7) is 0. The number of pyridine rings is 1. The summed E-state index contributed by atoms with van der Waals surface area (Å²) in [5, 5.41) is 2.35. The number of nitrogen functional groups attached to an aromatic ring is 1. The molecule has 0 aliphatic heterocycles. The normalized spacial score (nSPS) is 11.2. The second-order valence-electron chi connectivity index (χ2n) is 4.12. The molecule has 1 amide bonds. The lowest BCUT2D eigenvalue weighted by molar-refractivity contribution is -0.136. The summed E-state index contributed by atoms with van der Waals surface area (Å²) in [6, 6.07) is 6.22. The van der Waals surface area contributed by atoms with Crippen LogP contribution in [0.4, 0.5) is 24.5 Å². The molecular formula is C13H9BrF3N3O. The molecule has 2 rings (SSSR count). The van der Waals surface area contributed by atoms with E-state index in [9.17, 15) is 18.0 Å². The van der Waals surface area contributed by atoms with E-state index in [2.05, 4.69) is 26.2 Å². The molecule has 110 valence electrons. The maximum Gasteiger partial charge on any atom is 0.418 e. The number of halogens is 4. The van der Waals surface area contributed by atoms with Crippen LogP contribution in [0.2, 0.25) is 0 Å². The molecule has 2 aromatic rings. The molecule has 0 atom stereocenters. The lowest BCUT2D eigenvalue weighted by Gasteiger charge is -2.12. The SMILES string of the molecule is Nc1ccc(NC(=O)c2ccc(Br)cn2)cc1C(F)(F)F. The van der Waals surface area contributed by atoms with Crippen LogP contribution in [0, 0.1) is 0 Å². The number of hydrogen-bond donors (Lipinski definition) is 2. The van der Waals surface area contributed by atoms with Crippen LogP contribution in [0.3, 0.4) is 0 Å². The van der Waals surface area contributed by atoms with Gasteiger partial charge in [0.1, 0.15) is 5.69 Å². The van der Waals surface area contributed by atoms with Gasteiger partial charge in [-0.15, -0.1) is 0 Å². The topological polar surface area (TPSA) is 68.0 Å². The third kappa shape index (κ3) is 3.72. The number of amides is 1. The fraction of sp³-hybridized carbons (Fsp3) is 0.0769. The Morgan fingerprint density at radius 3 is 2.52 bits per heavy atom. The van der Waals surface area contributed by atoms with Gasteiger partial charge in [0.15, 0.2) is 0 Å². The molecular weight excluding hydrogens is 351 g/mol. The molecule has 0 saturated heterocycles. The summed E-state index contributed by atoms with van der Waals surface area (Å²) in [4.78, 5) is 15.7. The highest BCUT2D eigenvalue weighted by molar-refractivity contribution is 9.10. The minimum Gasteiger partial charge on any atom is -0.398 e. The van der Waals surface area contributed by atoms with E-state index in [0.717, 1.165) is 12.1 Å². The maximum absolute atomic E-state index is 12.7. The summed E-state index contributed by atoms with van der Waals surface area (Å²) < 4.78 is 38.9. The number of nitrogens with zero attached hydrogens (tertiary/aromatic N) is 1. The Balaban J connectivity index is 2.24. The van der Waals surface area contributed by atoms with E-state index in [1.54, 1.807) is 6.07 Å². The molecule has 0 bridgehead atoms. The molecule has 4 nitrogen and oxygen atoms in total. The number of hydrogen-bond acceptors (Lipinski definition) is 3. The lowest BCUT2D eigenvalue weighted by atomic mass is 10.1. The number of rotatable bonds is 2. The first-order valence-corrected chi connectivity index (χ1v) is 6.46. The van der Waals surface area contributed by atoms with Gasteiger partial charge in [-0.25, -0.2) is 4.98 Å². The molecule has 0 aliphatic rings. The van der Waals surface area contributed by atoms with E-state index in [-0.39, 0.29) is 11.4 Å². The van der Waals surface area contributed by atoms with Crippen molar-refractivity contribution in [3.63, 3.8) is 0 Å². The highest BCUT2D eigenvalue weighted by Gasteiger charge is 2.33. The van der Waals surface area contributed by atoms with E-state index in [0.29, 0.717) is 4.47 Å². The predicted molar refractivity (Wildman–Crippen MR) is 75.7 cm³/mol. The monoisotopic (exact) mass is 359 g/mol. The molecule has 1 heterocycles. The molecule has 0 fully saturated rings. The molecule has 0 saturated carbocycles. The number of alkyl halides is 3. The number of carbonyl (C=O) groups excluding carboxylic acids is 1. The zero-order chi connectivity index (χ0) is 15.6. The summed E-state index contributed by atoms with van der Waals surface area (Å²) >= 11 is 3.17. The number of anilines is 2. The van der Waals surface area contributed by atoms with Crippen LogP contribution in [0.1, 0.15) is 16.1 Å². The van der Waals surface area contributed by atoms with Crippen LogP contribution in [0.25, 0.3) is 0 Å². The second kappa shape index (κ2) is 5.72. The van der Waals surface area contributed by atoms with Gasteiger partial charge in [-0.2, -0.15) is 13.2 Å². The van der Waals surface area contributed by atoms with Gasteiger partial charge < -0.3 is 11.1 Å². The Morgan fingerprint density at radius 2 is 1.95 bits per heavy atom. The van der Waals surface area contributed by atoms with E-state index in [1.807, 2.05) is 0 Å². The van der Waals surface area contributed by atoms with Crippen molar-refractivity contribution in [3.8, 4) is 0 Å². The fourth-order valence-electron chi connectivity index (χ4n) is 1.58. The minimum absolute atomic E-state index is 0.00811. The standard InChI is InChI=1S/C13H9BrF3N3O/c14-7-1-4-11(19-6-7)12(21)20-8-2-3-10(18)9(5-8)13(15,16)17/h1-6H,18H2,(H,20,21). The van der Waals surface area contributed by atoms with Crippen LogP contribution in [-0.4, -0.2) is 10.9 Å². The third-order valence-corrected chi connectivity index (χ3v) is 3.05. The van der Waals surface area contributed by atoms with Crippen LogP contribution in [0.5, 0.6) is 0 Å². The number of carbonyl (C=O) groups is 1. The van der Waals surface area contributed by atoms with Crippen molar-refractivity contribution < 1.29 is 18.0 Å². The summed E-state index contributed by atoms with van der Waals surface area (Å²) in [6.07, 6.45) is -3.17. The van der Waals surface area contributed by atoms with Gasteiger partial charge in [-0.3, -0.25) is 4.79 Å². The number of nitrogens with two attached hydrogens (primary N) is 1. The molecule has 0 spiro atoms. The van der Waals surface area contributed by atoms with Crippen molar-refractivity contribution in [1.82, 2.24) is 4.98 Å². The molecule has 8 heteroatoms. The van der Waals surface area contributed by atoms with Crippen LogP contribution < -0.4 is 11.1 Å². The quantitative estimate of drug-likeness (QED) is 0.803. The zero-order valence-corrected chi connectivity index (χ0v) is 12.0.